The van der Waals surface area contributed by atoms with Crippen LogP contribution in [0.1, 0.15) is 10.4 Å². The van der Waals surface area contributed by atoms with Gasteiger partial charge in [-0.1, -0.05) is 18.2 Å². The van der Waals surface area contributed by atoms with E-state index in [9.17, 15) is 4.79 Å². The van der Waals surface area contributed by atoms with Crippen molar-refractivity contribution in [3.8, 4) is 5.75 Å². The minimum Gasteiger partial charge on any atom is -0.496 e. The molecule has 0 spiro atoms. The van der Waals surface area contributed by atoms with E-state index in [4.69, 9.17) is 29.2 Å². The fourth-order valence-corrected chi connectivity index (χ4v) is 2.66. The lowest BCUT2D eigenvalue weighted by atomic mass is 10.2. The van der Waals surface area contributed by atoms with E-state index >= 15 is 0 Å². The van der Waals surface area contributed by atoms with E-state index in [1.54, 1.807) is 25.3 Å². The van der Waals surface area contributed by atoms with Crippen LogP contribution in [0.3, 0.4) is 0 Å². The fraction of sp³-hybridized carbons (Fsp3) is 0.0625. The number of hydrogen-bond donors (Lipinski definition) is 4. The van der Waals surface area contributed by atoms with Crippen LogP contribution in [0.2, 0.25) is 0 Å². The minimum atomic E-state index is -0.357. The van der Waals surface area contributed by atoms with Gasteiger partial charge in [-0.15, -0.1) is 0 Å². The van der Waals surface area contributed by atoms with Gasteiger partial charge in [0, 0.05) is 11.3 Å². The first-order valence-corrected chi connectivity index (χ1v) is 8.67. The van der Waals surface area contributed by atoms with Gasteiger partial charge in [-0.2, -0.15) is 0 Å². The fourth-order valence-electron chi connectivity index (χ4n) is 1.81. The lowest BCUT2D eigenvalue weighted by Crippen LogP contribution is -2.49. The summed E-state index contributed by atoms with van der Waals surface area (Å²) in [7, 11) is 1.55. The molecule has 0 fully saturated rings. The van der Waals surface area contributed by atoms with Gasteiger partial charge < -0.3 is 10.1 Å². The zero-order valence-corrected chi connectivity index (χ0v) is 16.3. The molecule has 1 amide bonds. The molecule has 0 aliphatic heterocycles. The molecule has 0 aromatic heterocycles. The van der Waals surface area contributed by atoms with E-state index in [-0.39, 0.29) is 11.0 Å². The lowest BCUT2D eigenvalue weighted by molar-refractivity contribution is 0.0976. The third-order valence-corrected chi connectivity index (χ3v) is 3.99. The van der Waals surface area contributed by atoms with Gasteiger partial charge in [-0.05, 0) is 70.7 Å². The van der Waals surface area contributed by atoms with Gasteiger partial charge in [-0.3, -0.25) is 21.0 Å². The molecule has 0 heterocycles. The maximum atomic E-state index is 12.2. The molecule has 0 bridgehead atoms. The Morgan fingerprint density at radius 1 is 1.04 bits per heavy atom. The standard InChI is InChI=1S/C16H15BrN4O2S2/c1-23-13-8-7-10(9-12(13)17)14(22)19-16(25)21-20-15(24)18-11-5-3-2-4-6-11/h2-9H,1H3,(H2,18,20,24)(H2,19,21,22,25). The number of anilines is 1. The molecule has 9 heteroatoms. The van der Waals surface area contributed by atoms with Crippen LogP contribution in [0.15, 0.2) is 53.0 Å². The Labute approximate surface area is 164 Å². The molecule has 0 aliphatic carbocycles. The molecule has 0 saturated carbocycles. The van der Waals surface area contributed by atoms with Crippen molar-refractivity contribution >= 4 is 62.2 Å². The Bertz CT molecular complexity index is 787. The predicted octanol–water partition coefficient (Wildman–Crippen LogP) is 2.96. The van der Waals surface area contributed by atoms with Gasteiger partial charge in [0.05, 0.1) is 11.6 Å². The van der Waals surface area contributed by atoms with E-state index in [1.807, 2.05) is 30.3 Å². The summed E-state index contributed by atoms with van der Waals surface area (Å²) < 4.78 is 5.80. The molecule has 25 heavy (non-hydrogen) atoms. The highest BCUT2D eigenvalue weighted by atomic mass is 79.9. The number of thiocarbonyl (C=S) groups is 2. The van der Waals surface area contributed by atoms with Crippen LogP contribution in [0.5, 0.6) is 5.75 Å². The number of halogens is 1. The Kier molecular flexibility index (Phi) is 7.11. The number of hydrogen-bond acceptors (Lipinski definition) is 4. The van der Waals surface area contributed by atoms with Crippen molar-refractivity contribution in [2.24, 2.45) is 0 Å². The molecule has 0 aliphatic rings. The summed E-state index contributed by atoms with van der Waals surface area (Å²) >= 11 is 13.5. The van der Waals surface area contributed by atoms with Crippen molar-refractivity contribution in [3.63, 3.8) is 0 Å². The topological polar surface area (TPSA) is 74.4 Å². The highest BCUT2D eigenvalue weighted by Crippen LogP contribution is 2.25. The van der Waals surface area contributed by atoms with Crippen molar-refractivity contribution in [2.75, 3.05) is 12.4 Å². The molecule has 2 aromatic carbocycles. The van der Waals surface area contributed by atoms with Gasteiger partial charge in [0.2, 0.25) is 0 Å². The predicted molar refractivity (Wildman–Crippen MR) is 110 cm³/mol. The first kappa shape index (κ1) is 19.1. The Hall–Kier alpha value is -2.23. The molecule has 0 atom stereocenters. The summed E-state index contributed by atoms with van der Waals surface area (Å²) in [6.07, 6.45) is 0. The molecule has 2 rings (SSSR count). The highest BCUT2D eigenvalue weighted by Gasteiger charge is 2.10. The number of ether oxygens (including phenoxy) is 1. The number of benzene rings is 2. The molecule has 0 radical (unpaired) electrons. The summed E-state index contributed by atoms with van der Waals surface area (Å²) in [6.45, 7) is 0. The number of para-hydroxylation sites is 1. The zero-order chi connectivity index (χ0) is 18.2. The normalized spacial score (nSPS) is 9.68. The maximum Gasteiger partial charge on any atom is 0.257 e. The van der Waals surface area contributed by atoms with Gasteiger partial charge in [-0.25, -0.2) is 0 Å². The second-order valence-corrected chi connectivity index (χ2v) is 6.37. The van der Waals surface area contributed by atoms with Gasteiger partial charge in [0.15, 0.2) is 10.2 Å². The van der Waals surface area contributed by atoms with E-state index in [2.05, 4.69) is 37.4 Å². The van der Waals surface area contributed by atoms with Gasteiger partial charge in [0.25, 0.3) is 5.91 Å². The average Bonchev–Trinajstić information content (AvgIpc) is 2.60. The van der Waals surface area contributed by atoms with Crippen molar-refractivity contribution < 1.29 is 9.53 Å². The zero-order valence-electron chi connectivity index (χ0n) is 13.1. The molecular formula is C16H15BrN4O2S2. The third-order valence-electron chi connectivity index (χ3n) is 2.96. The summed E-state index contributed by atoms with van der Waals surface area (Å²) in [6, 6.07) is 14.4. The second-order valence-electron chi connectivity index (χ2n) is 4.70. The summed E-state index contributed by atoms with van der Waals surface area (Å²) in [5.41, 5.74) is 6.62. The van der Waals surface area contributed by atoms with Gasteiger partial charge >= 0.3 is 0 Å². The van der Waals surface area contributed by atoms with Crippen LogP contribution < -0.4 is 26.2 Å². The number of nitrogens with one attached hydrogen (secondary N) is 4. The minimum absolute atomic E-state index is 0.0918. The summed E-state index contributed by atoms with van der Waals surface area (Å²) in [5.74, 6) is 0.279. The number of amides is 1. The van der Waals surface area contributed by atoms with Crippen molar-refractivity contribution in [1.82, 2.24) is 16.2 Å². The smallest absolute Gasteiger partial charge is 0.257 e. The number of hydrazine groups is 1. The van der Waals surface area contributed by atoms with Crippen LogP contribution in [-0.4, -0.2) is 23.2 Å². The van der Waals surface area contributed by atoms with E-state index in [0.29, 0.717) is 20.9 Å². The highest BCUT2D eigenvalue weighted by molar-refractivity contribution is 9.10. The monoisotopic (exact) mass is 438 g/mol. The van der Waals surface area contributed by atoms with E-state index in [1.165, 1.54) is 0 Å². The van der Waals surface area contributed by atoms with E-state index < -0.39 is 0 Å². The molecule has 0 saturated heterocycles. The summed E-state index contributed by atoms with van der Waals surface area (Å²) in [5, 5.41) is 5.92. The SMILES string of the molecule is COc1ccc(C(=O)NC(=S)NNC(=S)Nc2ccccc2)cc1Br. The van der Waals surface area contributed by atoms with Crippen molar-refractivity contribution in [2.45, 2.75) is 0 Å². The summed E-state index contributed by atoms with van der Waals surface area (Å²) in [4.78, 5) is 12.2. The number of rotatable bonds is 3. The molecule has 6 nitrogen and oxygen atoms in total. The molecule has 4 N–H and O–H groups in total. The second kappa shape index (κ2) is 9.30. The number of carbonyl (C=O) groups excluding carboxylic acids is 1. The maximum absolute atomic E-state index is 12.2. The lowest BCUT2D eigenvalue weighted by Gasteiger charge is -2.14. The van der Waals surface area contributed by atoms with Crippen LogP contribution in [0.4, 0.5) is 5.69 Å². The molecular weight excluding hydrogens is 424 g/mol. The largest absolute Gasteiger partial charge is 0.496 e. The van der Waals surface area contributed by atoms with Crippen molar-refractivity contribution in [3.05, 3.63) is 58.6 Å². The quantitative estimate of drug-likeness (QED) is 0.433. The molecule has 2 aromatic rings. The average molecular weight is 439 g/mol. The third kappa shape index (κ3) is 5.96. The Morgan fingerprint density at radius 3 is 2.36 bits per heavy atom. The first-order valence-electron chi connectivity index (χ1n) is 7.06. The molecule has 130 valence electrons. The number of carbonyl (C=O) groups is 1. The van der Waals surface area contributed by atoms with Crippen LogP contribution in [-0.2, 0) is 0 Å². The van der Waals surface area contributed by atoms with Crippen LogP contribution in [0, 0.1) is 0 Å². The van der Waals surface area contributed by atoms with Gasteiger partial charge in [0.1, 0.15) is 5.75 Å². The van der Waals surface area contributed by atoms with Crippen LogP contribution >= 0.6 is 40.4 Å². The Morgan fingerprint density at radius 2 is 1.72 bits per heavy atom. The number of methoxy groups -OCH3 is 1. The Balaban J connectivity index is 1.82. The van der Waals surface area contributed by atoms with Crippen molar-refractivity contribution in [1.29, 1.82) is 0 Å². The van der Waals surface area contributed by atoms with Crippen LogP contribution in [0.25, 0.3) is 0 Å². The van der Waals surface area contributed by atoms with E-state index in [0.717, 1.165) is 5.69 Å². The first-order chi connectivity index (χ1) is 12.0. The molecule has 0 unspecified atom stereocenters.